The van der Waals surface area contributed by atoms with E-state index >= 15 is 0 Å². The molecule has 1 N–H and O–H groups in total. The number of benzene rings is 1. The van der Waals surface area contributed by atoms with E-state index in [2.05, 4.69) is 11.4 Å². The largest absolute Gasteiger partial charge is 0.495 e. The van der Waals surface area contributed by atoms with Crippen molar-refractivity contribution in [1.29, 1.82) is 5.26 Å². The Labute approximate surface area is 103 Å². The van der Waals surface area contributed by atoms with Crippen LogP contribution in [0.4, 0.5) is 5.69 Å². The van der Waals surface area contributed by atoms with E-state index in [1.165, 1.54) is 0 Å². The second kappa shape index (κ2) is 6.77. The highest BCUT2D eigenvalue weighted by Gasteiger charge is 2.12. The molecule has 4 nitrogen and oxygen atoms in total. The van der Waals surface area contributed by atoms with Gasteiger partial charge in [-0.2, -0.15) is 5.26 Å². The van der Waals surface area contributed by atoms with E-state index in [1.807, 2.05) is 43.1 Å². The summed E-state index contributed by atoms with van der Waals surface area (Å²) < 4.78 is 5.30. The molecule has 0 fully saturated rings. The van der Waals surface area contributed by atoms with Crippen LogP contribution >= 0.6 is 0 Å². The number of methoxy groups -OCH3 is 1. The Hall–Kier alpha value is -1.73. The van der Waals surface area contributed by atoms with E-state index in [9.17, 15) is 0 Å². The molecule has 0 saturated carbocycles. The first-order valence-electron chi connectivity index (χ1n) is 5.70. The normalized spacial score (nSPS) is 11.6. The van der Waals surface area contributed by atoms with Gasteiger partial charge in [0, 0.05) is 13.6 Å². The van der Waals surface area contributed by atoms with Gasteiger partial charge >= 0.3 is 0 Å². The van der Waals surface area contributed by atoms with E-state index in [4.69, 9.17) is 10.00 Å². The second-order valence-corrected chi connectivity index (χ2v) is 3.79. The summed E-state index contributed by atoms with van der Waals surface area (Å²) >= 11 is 0. The standard InChI is InChI=1S/C13H19N3O/c1-4-15-11(9-14)10-16(2)12-7-5-6-8-13(12)17-3/h5-8,11,15H,4,10H2,1-3H3. The van der Waals surface area contributed by atoms with E-state index in [-0.39, 0.29) is 6.04 Å². The molecule has 1 atom stereocenters. The summed E-state index contributed by atoms with van der Waals surface area (Å²) in [4.78, 5) is 2.02. The van der Waals surface area contributed by atoms with Gasteiger partial charge in [-0.15, -0.1) is 0 Å². The zero-order valence-corrected chi connectivity index (χ0v) is 10.6. The van der Waals surface area contributed by atoms with Crippen LogP contribution in [0.3, 0.4) is 0 Å². The Morgan fingerprint density at radius 1 is 1.47 bits per heavy atom. The van der Waals surface area contributed by atoms with Gasteiger partial charge in [0.2, 0.25) is 0 Å². The number of anilines is 1. The number of para-hydroxylation sites is 2. The molecule has 0 radical (unpaired) electrons. The minimum atomic E-state index is -0.171. The van der Waals surface area contributed by atoms with E-state index in [1.54, 1.807) is 7.11 Å². The number of nitrogens with zero attached hydrogens (tertiary/aromatic N) is 2. The van der Waals surface area contributed by atoms with Crippen molar-refractivity contribution in [3.63, 3.8) is 0 Å². The van der Waals surface area contributed by atoms with E-state index in [0.29, 0.717) is 6.54 Å². The van der Waals surface area contributed by atoms with Crippen LogP contribution in [0.1, 0.15) is 6.92 Å². The van der Waals surface area contributed by atoms with Crippen LogP contribution in [-0.4, -0.2) is 33.3 Å². The maximum Gasteiger partial charge on any atom is 0.142 e. The van der Waals surface area contributed by atoms with Crippen molar-refractivity contribution < 1.29 is 4.74 Å². The molecule has 4 heteroatoms. The van der Waals surface area contributed by atoms with Gasteiger partial charge in [-0.25, -0.2) is 0 Å². The lowest BCUT2D eigenvalue weighted by molar-refractivity contribution is 0.414. The molecule has 0 aromatic heterocycles. The molecule has 0 saturated heterocycles. The summed E-state index contributed by atoms with van der Waals surface area (Å²) in [5, 5.41) is 12.1. The summed E-state index contributed by atoms with van der Waals surface area (Å²) in [6, 6.07) is 9.87. The minimum Gasteiger partial charge on any atom is -0.495 e. The minimum absolute atomic E-state index is 0.171. The highest BCUT2D eigenvalue weighted by molar-refractivity contribution is 5.58. The van der Waals surface area contributed by atoms with Gasteiger partial charge < -0.3 is 15.0 Å². The Kier molecular flexibility index (Phi) is 5.31. The molecule has 92 valence electrons. The van der Waals surface area contributed by atoms with Gasteiger partial charge in [0.05, 0.1) is 18.9 Å². The van der Waals surface area contributed by atoms with Crippen LogP contribution in [0, 0.1) is 11.3 Å². The van der Waals surface area contributed by atoms with Gasteiger partial charge in [0.25, 0.3) is 0 Å². The van der Waals surface area contributed by atoms with E-state index in [0.717, 1.165) is 18.0 Å². The molecule has 0 aliphatic carbocycles. The Bertz CT molecular complexity index is 386. The molecule has 0 bridgehead atoms. The van der Waals surface area contributed by atoms with Crippen molar-refractivity contribution in [2.24, 2.45) is 0 Å². The molecular formula is C13H19N3O. The predicted octanol–water partition coefficient (Wildman–Crippen LogP) is 1.63. The van der Waals surface area contributed by atoms with Gasteiger partial charge in [0.15, 0.2) is 0 Å². The van der Waals surface area contributed by atoms with Crippen LogP contribution in [0.5, 0.6) is 5.75 Å². The van der Waals surface area contributed by atoms with Crippen LogP contribution in [-0.2, 0) is 0 Å². The first-order valence-corrected chi connectivity index (χ1v) is 5.70. The molecule has 0 spiro atoms. The Balaban J connectivity index is 2.75. The number of hydrogen-bond donors (Lipinski definition) is 1. The average molecular weight is 233 g/mol. The third-order valence-electron chi connectivity index (χ3n) is 2.56. The van der Waals surface area contributed by atoms with Gasteiger partial charge in [-0.05, 0) is 18.7 Å². The molecule has 0 heterocycles. The van der Waals surface area contributed by atoms with Crippen molar-refractivity contribution in [2.75, 3.05) is 32.1 Å². The Morgan fingerprint density at radius 3 is 2.76 bits per heavy atom. The van der Waals surface area contributed by atoms with Crippen molar-refractivity contribution in [3.05, 3.63) is 24.3 Å². The first-order chi connectivity index (χ1) is 8.22. The summed E-state index contributed by atoms with van der Waals surface area (Å²) in [6.45, 7) is 3.41. The second-order valence-electron chi connectivity index (χ2n) is 3.79. The number of rotatable bonds is 6. The van der Waals surface area contributed by atoms with Gasteiger partial charge in [0.1, 0.15) is 11.8 Å². The fourth-order valence-corrected chi connectivity index (χ4v) is 1.71. The maximum atomic E-state index is 9.01. The van der Waals surface area contributed by atoms with Crippen LogP contribution in [0.15, 0.2) is 24.3 Å². The highest BCUT2D eigenvalue weighted by Crippen LogP contribution is 2.26. The van der Waals surface area contributed by atoms with Crippen LogP contribution in [0.25, 0.3) is 0 Å². The topological polar surface area (TPSA) is 48.3 Å². The molecule has 1 aromatic rings. The molecule has 1 rings (SSSR count). The lowest BCUT2D eigenvalue weighted by atomic mass is 10.2. The average Bonchev–Trinajstić information content (AvgIpc) is 2.38. The first kappa shape index (κ1) is 13.3. The summed E-state index contributed by atoms with van der Waals surface area (Å²) in [6.07, 6.45) is 0. The molecule has 1 unspecified atom stereocenters. The number of hydrogen-bond acceptors (Lipinski definition) is 4. The fraction of sp³-hybridized carbons (Fsp3) is 0.462. The number of nitrogens with one attached hydrogen (secondary N) is 1. The summed E-state index contributed by atoms with van der Waals surface area (Å²) in [5.41, 5.74) is 0.994. The third kappa shape index (κ3) is 3.65. The summed E-state index contributed by atoms with van der Waals surface area (Å²) in [7, 11) is 3.61. The zero-order valence-electron chi connectivity index (χ0n) is 10.6. The third-order valence-corrected chi connectivity index (χ3v) is 2.56. The molecular weight excluding hydrogens is 214 g/mol. The SMILES string of the molecule is CCNC(C#N)CN(C)c1ccccc1OC. The molecule has 0 amide bonds. The molecule has 17 heavy (non-hydrogen) atoms. The molecule has 0 aliphatic rings. The van der Waals surface area contributed by atoms with Gasteiger partial charge in [-0.1, -0.05) is 19.1 Å². The predicted molar refractivity (Wildman–Crippen MR) is 69.3 cm³/mol. The molecule has 0 aliphatic heterocycles. The fourth-order valence-electron chi connectivity index (χ4n) is 1.71. The monoisotopic (exact) mass is 233 g/mol. The maximum absolute atomic E-state index is 9.01. The van der Waals surface area contributed by atoms with Crippen molar-refractivity contribution in [1.82, 2.24) is 5.32 Å². The Morgan fingerprint density at radius 2 is 2.18 bits per heavy atom. The zero-order chi connectivity index (χ0) is 12.7. The van der Waals surface area contributed by atoms with Crippen LogP contribution < -0.4 is 15.0 Å². The number of nitriles is 1. The quantitative estimate of drug-likeness (QED) is 0.811. The summed E-state index contributed by atoms with van der Waals surface area (Å²) in [5.74, 6) is 0.822. The highest BCUT2D eigenvalue weighted by atomic mass is 16.5. The van der Waals surface area contributed by atoms with E-state index < -0.39 is 0 Å². The van der Waals surface area contributed by atoms with Crippen LogP contribution in [0.2, 0.25) is 0 Å². The number of ether oxygens (including phenoxy) is 1. The van der Waals surface area contributed by atoms with Gasteiger partial charge in [-0.3, -0.25) is 0 Å². The lowest BCUT2D eigenvalue weighted by Gasteiger charge is -2.24. The van der Waals surface area contributed by atoms with Crippen molar-refractivity contribution in [2.45, 2.75) is 13.0 Å². The smallest absolute Gasteiger partial charge is 0.142 e. The molecule has 1 aromatic carbocycles. The van der Waals surface area contributed by atoms with Crippen molar-refractivity contribution in [3.8, 4) is 11.8 Å². The lowest BCUT2D eigenvalue weighted by Crippen LogP contribution is -2.38. The van der Waals surface area contributed by atoms with Crippen molar-refractivity contribution >= 4 is 5.69 Å². The number of likely N-dealkylation sites (N-methyl/N-ethyl adjacent to an activating group) is 2.